The predicted molar refractivity (Wildman–Crippen MR) is 69.9 cm³/mol. The lowest BCUT2D eigenvalue weighted by molar-refractivity contribution is 0.0544. The smallest absolute Gasteiger partial charge is 0.119 e. The molecule has 1 rings (SSSR count). The largest absolute Gasteiger partial charge is 0.491 e. The van der Waals surface area contributed by atoms with E-state index in [0.29, 0.717) is 32.8 Å². The van der Waals surface area contributed by atoms with Crippen molar-refractivity contribution in [3.63, 3.8) is 0 Å². The van der Waals surface area contributed by atoms with Crippen molar-refractivity contribution in [1.82, 2.24) is 0 Å². The van der Waals surface area contributed by atoms with Crippen molar-refractivity contribution in [1.29, 1.82) is 0 Å². The third-order valence-electron chi connectivity index (χ3n) is 2.58. The molecule has 0 radical (unpaired) electrons. The van der Waals surface area contributed by atoms with E-state index in [0.717, 1.165) is 11.3 Å². The lowest BCUT2D eigenvalue weighted by Crippen LogP contribution is -2.10. The van der Waals surface area contributed by atoms with Gasteiger partial charge in [-0.15, -0.1) is 0 Å². The minimum Gasteiger partial charge on any atom is -0.491 e. The molecule has 1 aromatic rings. The molecule has 0 aliphatic rings. The molecule has 0 bridgehead atoms. The maximum absolute atomic E-state index is 9.64. The predicted octanol–water partition coefficient (Wildman–Crippen LogP) is 2.17. The van der Waals surface area contributed by atoms with Gasteiger partial charge < -0.3 is 19.3 Å². The average molecular weight is 254 g/mol. The Morgan fingerprint density at radius 2 is 1.72 bits per heavy atom. The molecular weight excluding hydrogens is 232 g/mol. The van der Waals surface area contributed by atoms with Crippen molar-refractivity contribution in [2.75, 3.05) is 33.5 Å². The number of hydrogen-bond donors (Lipinski definition) is 1. The average Bonchev–Trinajstić information content (AvgIpc) is 2.42. The zero-order chi connectivity index (χ0) is 13.2. The quantitative estimate of drug-likeness (QED) is 0.686. The maximum atomic E-state index is 9.64. The lowest BCUT2D eigenvalue weighted by Gasteiger charge is -2.10. The summed E-state index contributed by atoms with van der Waals surface area (Å²) in [6.45, 7) is 4.19. The molecule has 0 heterocycles. The number of hydrogen-bond acceptors (Lipinski definition) is 4. The van der Waals surface area contributed by atoms with Crippen LogP contribution in [0.15, 0.2) is 24.3 Å². The Bertz CT molecular complexity index is 310. The highest BCUT2D eigenvalue weighted by molar-refractivity contribution is 5.28. The standard InChI is InChI=1S/C14H22O4/c1-3-14(15)12-4-6-13(7-5-12)18-11-10-17-9-8-16-2/h4-7,14-15H,3,8-11H2,1-2H3. The number of methoxy groups -OCH3 is 1. The first-order chi connectivity index (χ1) is 8.77. The molecule has 4 heteroatoms. The summed E-state index contributed by atoms with van der Waals surface area (Å²) in [5.41, 5.74) is 0.918. The van der Waals surface area contributed by atoms with E-state index in [2.05, 4.69) is 0 Å². The van der Waals surface area contributed by atoms with Gasteiger partial charge >= 0.3 is 0 Å². The van der Waals surface area contributed by atoms with Crippen LogP contribution in [-0.2, 0) is 9.47 Å². The van der Waals surface area contributed by atoms with E-state index < -0.39 is 6.10 Å². The van der Waals surface area contributed by atoms with Gasteiger partial charge in [0.25, 0.3) is 0 Å². The topological polar surface area (TPSA) is 47.9 Å². The van der Waals surface area contributed by atoms with Crippen LogP contribution in [0.4, 0.5) is 0 Å². The molecule has 0 saturated heterocycles. The Morgan fingerprint density at radius 1 is 1.06 bits per heavy atom. The van der Waals surface area contributed by atoms with E-state index in [1.807, 2.05) is 31.2 Å². The summed E-state index contributed by atoms with van der Waals surface area (Å²) >= 11 is 0. The third-order valence-corrected chi connectivity index (χ3v) is 2.58. The van der Waals surface area contributed by atoms with Crippen molar-refractivity contribution in [3.8, 4) is 5.75 Å². The summed E-state index contributed by atoms with van der Waals surface area (Å²) in [7, 11) is 1.64. The summed E-state index contributed by atoms with van der Waals surface area (Å²) < 4.78 is 15.7. The minimum atomic E-state index is -0.392. The maximum Gasteiger partial charge on any atom is 0.119 e. The molecule has 0 fully saturated rings. The molecule has 0 amide bonds. The van der Waals surface area contributed by atoms with E-state index in [1.165, 1.54) is 0 Å². The zero-order valence-corrected chi connectivity index (χ0v) is 11.1. The van der Waals surface area contributed by atoms with Crippen molar-refractivity contribution in [3.05, 3.63) is 29.8 Å². The molecule has 1 N–H and O–H groups in total. The number of benzene rings is 1. The summed E-state index contributed by atoms with van der Waals surface area (Å²) in [6, 6.07) is 7.50. The lowest BCUT2D eigenvalue weighted by atomic mass is 10.1. The fourth-order valence-electron chi connectivity index (χ4n) is 1.48. The van der Waals surface area contributed by atoms with E-state index in [4.69, 9.17) is 14.2 Å². The van der Waals surface area contributed by atoms with Crippen LogP contribution in [0.2, 0.25) is 0 Å². The van der Waals surface area contributed by atoms with Crippen LogP contribution in [0.3, 0.4) is 0 Å². The molecule has 102 valence electrons. The van der Waals surface area contributed by atoms with Crippen LogP contribution in [0, 0.1) is 0 Å². The summed E-state index contributed by atoms with van der Waals surface area (Å²) in [5, 5.41) is 9.64. The first-order valence-electron chi connectivity index (χ1n) is 6.25. The number of aliphatic hydroxyl groups is 1. The summed E-state index contributed by atoms with van der Waals surface area (Å²) in [6.07, 6.45) is 0.324. The van der Waals surface area contributed by atoms with E-state index >= 15 is 0 Å². The molecule has 1 atom stereocenters. The van der Waals surface area contributed by atoms with Crippen LogP contribution in [0.1, 0.15) is 25.0 Å². The van der Waals surface area contributed by atoms with E-state index in [-0.39, 0.29) is 0 Å². The normalized spacial score (nSPS) is 12.4. The Morgan fingerprint density at radius 3 is 2.33 bits per heavy atom. The van der Waals surface area contributed by atoms with E-state index in [9.17, 15) is 5.11 Å². The first kappa shape index (κ1) is 15.0. The molecule has 18 heavy (non-hydrogen) atoms. The van der Waals surface area contributed by atoms with Crippen LogP contribution in [0.5, 0.6) is 5.75 Å². The van der Waals surface area contributed by atoms with Gasteiger partial charge in [0.1, 0.15) is 12.4 Å². The minimum absolute atomic E-state index is 0.392. The van der Waals surface area contributed by atoms with Gasteiger partial charge in [0.2, 0.25) is 0 Å². The van der Waals surface area contributed by atoms with Crippen LogP contribution in [0.25, 0.3) is 0 Å². The van der Waals surface area contributed by atoms with Crippen molar-refractivity contribution in [2.45, 2.75) is 19.4 Å². The third kappa shape index (κ3) is 5.49. The summed E-state index contributed by atoms with van der Waals surface area (Å²) in [5.74, 6) is 0.789. The highest BCUT2D eigenvalue weighted by Gasteiger charge is 2.04. The van der Waals surface area contributed by atoms with Gasteiger partial charge in [-0.05, 0) is 24.1 Å². The highest BCUT2D eigenvalue weighted by atomic mass is 16.5. The fraction of sp³-hybridized carbons (Fsp3) is 0.571. The zero-order valence-electron chi connectivity index (χ0n) is 11.1. The first-order valence-corrected chi connectivity index (χ1v) is 6.25. The molecule has 1 aromatic carbocycles. The number of rotatable bonds is 9. The second kappa shape index (κ2) is 8.91. The molecule has 0 aromatic heterocycles. The van der Waals surface area contributed by atoms with E-state index in [1.54, 1.807) is 7.11 Å². The molecular formula is C14H22O4. The Kier molecular flexibility index (Phi) is 7.41. The second-order valence-electron chi connectivity index (χ2n) is 3.95. The van der Waals surface area contributed by atoms with Gasteiger partial charge in [0.05, 0.1) is 25.9 Å². The van der Waals surface area contributed by atoms with Crippen LogP contribution in [-0.4, -0.2) is 38.6 Å². The van der Waals surface area contributed by atoms with Gasteiger partial charge in [-0.25, -0.2) is 0 Å². The van der Waals surface area contributed by atoms with Gasteiger partial charge in [-0.2, -0.15) is 0 Å². The Hall–Kier alpha value is -1.10. The second-order valence-corrected chi connectivity index (χ2v) is 3.95. The number of ether oxygens (including phenoxy) is 3. The Balaban J connectivity index is 2.22. The highest BCUT2D eigenvalue weighted by Crippen LogP contribution is 2.19. The Labute approximate surface area is 108 Å². The molecule has 0 spiro atoms. The number of aliphatic hydroxyl groups excluding tert-OH is 1. The molecule has 0 saturated carbocycles. The SMILES string of the molecule is CCC(O)c1ccc(OCCOCCOC)cc1. The van der Waals surface area contributed by atoms with Gasteiger partial charge in [0, 0.05) is 7.11 Å². The molecule has 0 aliphatic heterocycles. The van der Waals surface area contributed by atoms with Gasteiger partial charge in [-0.3, -0.25) is 0 Å². The van der Waals surface area contributed by atoms with Gasteiger partial charge in [-0.1, -0.05) is 19.1 Å². The van der Waals surface area contributed by atoms with Crippen LogP contribution >= 0.6 is 0 Å². The van der Waals surface area contributed by atoms with Crippen molar-refractivity contribution >= 4 is 0 Å². The molecule has 4 nitrogen and oxygen atoms in total. The van der Waals surface area contributed by atoms with Gasteiger partial charge in [0.15, 0.2) is 0 Å². The monoisotopic (exact) mass is 254 g/mol. The van der Waals surface area contributed by atoms with Crippen molar-refractivity contribution in [2.24, 2.45) is 0 Å². The van der Waals surface area contributed by atoms with Crippen molar-refractivity contribution < 1.29 is 19.3 Å². The fourth-order valence-corrected chi connectivity index (χ4v) is 1.48. The summed E-state index contributed by atoms with van der Waals surface area (Å²) in [4.78, 5) is 0. The van der Waals surface area contributed by atoms with Crippen LogP contribution < -0.4 is 4.74 Å². The molecule has 0 aliphatic carbocycles. The molecule has 1 unspecified atom stereocenters.